The highest BCUT2D eigenvalue weighted by molar-refractivity contribution is 8.00. The van der Waals surface area contributed by atoms with Crippen LogP contribution in [0.15, 0.2) is 48.5 Å². The smallest absolute Gasteiger partial charge is 0.238 e. The minimum Gasteiger partial charge on any atom is -0.295 e. The number of aryl methyl sites for hydroxylation is 1. The Balaban J connectivity index is 1.98. The van der Waals surface area contributed by atoms with Gasteiger partial charge in [0.25, 0.3) is 0 Å². The summed E-state index contributed by atoms with van der Waals surface area (Å²) in [7, 11) is 0. The first-order valence-corrected chi connectivity index (χ1v) is 7.46. The summed E-state index contributed by atoms with van der Waals surface area (Å²) in [5, 5.41) is -0.0788. The maximum atomic E-state index is 13.0. The summed E-state index contributed by atoms with van der Waals surface area (Å²) in [6.07, 6.45) is 0. The molecule has 0 aliphatic carbocycles. The van der Waals surface area contributed by atoms with Crippen LogP contribution < -0.4 is 4.90 Å². The van der Waals surface area contributed by atoms with Crippen LogP contribution in [-0.2, 0) is 4.79 Å². The van der Waals surface area contributed by atoms with E-state index in [0.717, 1.165) is 16.8 Å². The number of benzene rings is 2. The first-order chi connectivity index (χ1) is 9.65. The third-order valence-electron chi connectivity index (χ3n) is 3.30. The van der Waals surface area contributed by atoms with Gasteiger partial charge in [-0.15, -0.1) is 11.8 Å². The van der Waals surface area contributed by atoms with Crippen LogP contribution in [0.25, 0.3) is 0 Å². The van der Waals surface area contributed by atoms with Crippen molar-refractivity contribution in [1.82, 2.24) is 0 Å². The Kier molecular flexibility index (Phi) is 3.49. The van der Waals surface area contributed by atoms with Gasteiger partial charge >= 0.3 is 0 Å². The number of rotatable bonds is 2. The van der Waals surface area contributed by atoms with Crippen LogP contribution in [0.5, 0.6) is 0 Å². The van der Waals surface area contributed by atoms with Gasteiger partial charge in [-0.1, -0.05) is 24.3 Å². The van der Waals surface area contributed by atoms with Crippen molar-refractivity contribution in [3.05, 3.63) is 65.5 Å². The molecule has 2 aromatic carbocycles. The number of amides is 1. The van der Waals surface area contributed by atoms with Crippen LogP contribution in [-0.4, -0.2) is 11.7 Å². The SMILES string of the molecule is Cc1cccc(N2C(=O)CSC2c2ccc(F)cc2)c1. The van der Waals surface area contributed by atoms with Gasteiger partial charge in [-0.05, 0) is 42.3 Å². The fraction of sp³-hybridized carbons (Fsp3) is 0.188. The molecular weight excluding hydrogens is 273 g/mol. The molecule has 102 valence electrons. The number of hydrogen-bond donors (Lipinski definition) is 0. The van der Waals surface area contributed by atoms with Crippen molar-refractivity contribution in [3.8, 4) is 0 Å². The van der Waals surface area contributed by atoms with E-state index in [-0.39, 0.29) is 17.1 Å². The minimum atomic E-state index is -0.259. The summed E-state index contributed by atoms with van der Waals surface area (Å²) in [5.74, 6) is 0.288. The van der Waals surface area contributed by atoms with Gasteiger partial charge in [0.1, 0.15) is 11.2 Å². The molecule has 1 saturated heterocycles. The molecule has 3 rings (SSSR count). The van der Waals surface area contributed by atoms with E-state index in [0.29, 0.717) is 5.75 Å². The van der Waals surface area contributed by atoms with Crippen molar-refractivity contribution in [1.29, 1.82) is 0 Å². The highest BCUT2D eigenvalue weighted by atomic mass is 32.2. The predicted octanol–water partition coefficient (Wildman–Crippen LogP) is 3.91. The molecule has 4 heteroatoms. The van der Waals surface area contributed by atoms with Gasteiger partial charge in [-0.25, -0.2) is 4.39 Å². The summed E-state index contributed by atoms with van der Waals surface area (Å²) in [6.45, 7) is 2.00. The van der Waals surface area contributed by atoms with E-state index < -0.39 is 0 Å². The lowest BCUT2D eigenvalue weighted by molar-refractivity contribution is -0.115. The molecule has 1 fully saturated rings. The molecule has 0 aromatic heterocycles. The summed E-state index contributed by atoms with van der Waals surface area (Å²) >= 11 is 1.57. The number of thioether (sulfide) groups is 1. The molecular formula is C16H14FNOS. The Bertz CT molecular complexity index is 641. The zero-order chi connectivity index (χ0) is 14.1. The molecule has 1 aliphatic rings. The van der Waals surface area contributed by atoms with E-state index in [4.69, 9.17) is 0 Å². The monoisotopic (exact) mass is 287 g/mol. The molecule has 1 unspecified atom stereocenters. The van der Waals surface area contributed by atoms with E-state index >= 15 is 0 Å². The molecule has 0 bridgehead atoms. The number of nitrogens with zero attached hydrogens (tertiary/aromatic N) is 1. The van der Waals surface area contributed by atoms with Crippen molar-refractivity contribution < 1.29 is 9.18 Å². The Hall–Kier alpha value is -1.81. The van der Waals surface area contributed by atoms with Gasteiger partial charge in [0.15, 0.2) is 0 Å². The number of halogens is 1. The second kappa shape index (κ2) is 5.29. The fourth-order valence-electron chi connectivity index (χ4n) is 2.35. The Morgan fingerprint density at radius 3 is 2.65 bits per heavy atom. The number of carbonyl (C=O) groups excluding carboxylic acids is 1. The zero-order valence-electron chi connectivity index (χ0n) is 11.0. The molecule has 1 heterocycles. The molecule has 1 amide bonds. The highest BCUT2D eigenvalue weighted by Crippen LogP contribution is 2.41. The van der Waals surface area contributed by atoms with Crippen LogP contribution >= 0.6 is 11.8 Å². The Morgan fingerprint density at radius 2 is 1.95 bits per heavy atom. The van der Waals surface area contributed by atoms with Crippen molar-refractivity contribution in [2.45, 2.75) is 12.3 Å². The van der Waals surface area contributed by atoms with Crippen molar-refractivity contribution in [2.24, 2.45) is 0 Å². The van der Waals surface area contributed by atoms with Gasteiger partial charge < -0.3 is 0 Å². The number of anilines is 1. The molecule has 1 atom stereocenters. The van der Waals surface area contributed by atoms with E-state index in [2.05, 4.69) is 0 Å². The van der Waals surface area contributed by atoms with Crippen LogP contribution in [0.3, 0.4) is 0 Å². The molecule has 0 N–H and O–H groups in total. The lowest BCUT2D eigenvalue weighted by Crippen LogP contribution is -2.27. The third-order valence-corrected chi connectivity index (χ3v) is 4.52. The van der Waals surface area contributed by atoms with Crippen LogP contribution in [0.4, 0.5) is 10.1 Å². The molecule has 1 aliphatic heterocycles. The van der Waals surface area contributed by atoms with Gasteiger partial charge in [0.2, 0.25) is 5.91 Å². The predicted molar refractivity (Wildman–Crippen MR) is 80.3 cm³/mol. The van der Waals surface area contributed by atoms with Crippen LogP contribution in [0.1, 0.15) is 16.5 Å². The normalized spacial score (nSPS) is 18.6. The standard InChI is InChI=1S/C16H14FNOS/c1-11-3-2-4-14(9-11)18-15(19)10-20-16(18)12-5-7-13(17)8-6-12/h2-9,16H,10H2,1H3. The van der Waals surface area contributed by atoms with Gasteiger partial charge in [-0.2, -0.15) is 0 Å². The van der Waals surface area contributed by atoms with Crippen molar-refractivity contribution in [3.63, 3.8) is 0 Å². The second-order valence-electron chi connectivity index (χ2n) is 4.82. The molecule has 2 nitrogen and oxygen atoms in total. The Morgan fingerprint density at radius 1 is 1.20 bits per heavy atom. The van der Waals surface area contributed by atoms with E-state index in [9.17, 15) is 9.18 Å². The van der Waals surface area contributed by atoms with Gasteiger partial charge in [-0.3, -0.25) is 9.69 Å². The lowest BCUT2D eigenvalue weighted by atomic mass is 10.1. The van der Waals surface area contributed by atoms with Crippen LogP contribution in [0, 0.1) is 12.7 Å². The molecule has 20 heavy (non-hydrogen) atoms. The average molecular weight is 287 g/mol. The average Bonchev–Trinajstić information content (AvgIpc) is 2.81. The summed E-state index contributed by atoms with van der Waals surface area (Å²) in [4.78, 5) is 14.0. The quantitative estimate of drug-likeness (QED) is 0.834. The maximum Gasteiger partial charge on any atom is 0.238 e. The maximum absolute atomic E-state index is 13.0. The molecule has 2 aromatic rings. The number of hydrogen-bond acceptors (Lipinski definition) is 2. The first-order valence-electron chi connectivity index (χ1n) is 6.41. The van der Waals surface area contributed by atoms with Crippen molar-refractivity contribution >= 4 is 23.4 Å². The molecule has 0 spiro atoms. The molecule has 0 saturated carbocycles. The van der Waals surface area contributed by atoms with Gasteiger partial charge in [0.05, 0.1) is 5.75 Å². The topological polar surface area (TPSA) is 20.3 Å². The minimum absolute atomic E-state index is 0.0788. The number of carbonyl (C=O) groups is 1. The summed E-state index contributed by atoms with van der Waals surface area (Å²) in [5.41, 5.74) is 2.96. The fourth-order valence-corrected chi connectivity index (χ4v) is 3.53. The van der Waals surface area contributed by atoms with E-state index in [1.54, 1.807) is 28.8 Å². The van der Waals surface area contributed by atoms with E-state index in [1.807, 2.05) is 31.2 Å². The lowest BCUT2D eigenvalue weighted by Gasteiger charge is -2.24. The molecule has 0 radical (unpaired) electrons. The summed E-state index contributed by atoms with van der Waals surface area (Å²) in [6, 6.07) is 14.3. The van der Waals surface area contributed by atoms with E-state index in [1.165, 1.54) is 12.1 Å². The highest BCUT2D eigenvalue weighted by Gasteiger charge is 2.33. The largest absolute Gasteiger partial charge is 0.295 e. The summed E-state index contributed by atoms with van der Waals surface area (Å²) < 4.78 is 13.0. The van der Waals surface area contributed by atoms with Crippen LogP contribution in [0.2, 0.25) is 0 Å². The second-order valence-corrected chi connectivity index (χ2v) is 5.89. The van der Waals surface area contributed by atoms with Crippen molar-refractivity contribution in [2.75, 3.05) is 10.7 Å². The van der Waals surface area contributed by atoms with Gasteiger partial charge in [0, 0.05) is 5.69 Å². The Labute approximate surface area is 121 Å². The third kappa shape index (κ3) is 2.43. The zero-order valence-corrected chi connectivity index (χ0v) is 11.9. The first kappa shape index (κ1) is 13.2.